The first-order chi connectivity index (χ1) is 9.60. The van der Waals surface area contributed by atoms with Crippen LogP contribution < -0.4 is 15.8 Å². The van der Waals surface area contributed by atoms with Gasteiger partial charge in [0.25, 0.3) is 0 Å². The van der Waals surface area contributed by atoms with Gasteiger partial charge in [0.05, 0.1) is 12.8 Å². The number of nitrogens with zero attached hydrogens (tertiary/aromatic N) is 2. The molecule has 1 aromatic heterocycles. The van der Waals surface area contributed by atoms with Crippen LogP contribution in [0.1, 0.15) is 11.3 Å². The molecular formula is C14H18N4OS. The topological polar surface area (TPSA) is 65.1 Å². The number of anilines is 1. The van der Waals surface area contributed by atoms with Gasteiger partial charge in [-0.1, -0.05) is 12.2 Å². The number of aromatic nitrogens is 2. The second kappa shape index (κ2) is 6.38. The summed E-state index contributed by atoms with van der Waals surface area (Å²) in [4.78, 5) is 0.369. The first-order valence-corrected chi connectivity index (χ1v) is 6.71. The maximum absolute atomic E-state index is 5.73. The van der Waals surface area contributed by atoms with Crippen molar-refractivity contribution >= 4 is 22.9 Å². The Morgan fingerprint density at radius 1 is 1.45 bits per heavy atom. The highest BCUT2D eigenvalue weighted by Crippen LogP contribution is 2.22. The smallest absolute Gasteiger partial charge is 0.120 e. The highest BCUT2D eigenvalue weighted by atomic mass is 32.1. The molecule has 0 unspecified atom stereocenters. The van der Waals surface area contributed by atoms with Crippen LogP contribution >= 0.6 is 12.2 Å². The van der Waals surface area contributed by atoms with Crippen molar-refractivity contribution in [2.24, 2.45) is 12.8 Å². The zero-order chi connectivity index (χ0) is 14.5. The van der Waals surface area contributed by atoms with Crippen molar-refractivity contribution in [1.29, 1.82) is 0 Å². The number of ether oxygens (including phenoxy) is 1. The molecule has 0 bridgehead atoms. The Morgan fingerprint density at radius 2 is 2.25 bits per heavy atom. The standard InChI is InChI=1S/C14H18N4OS/c1-18-8-6-10(17-18)5-7-16-13-9-11(19-2)3-4-12(13)14(15)20/h3-4,6,8-9,16H,5,7H2,1-2H3,(H2,15,20). The van der Waals surface area contributed by atoms with Crippen LogP contribution in [0.25, 0.3) is 0 Å². The molecule has 0 saturated heterocycles. The van der Waals surface area contributed by atoms with Crippen molar-refractivity contribution in [3.63, 3.8) is 0 Å². The van der Waals surface area contributed by atoms with Crippen LogP contribution in [0, 0.1) is 0 Å². The quantitative estimate of drug-likeness (QED) is 0.793. The Morgan fingerprint density at radius 3 is 2.85 bits per heavy atom. The molecule has 0 aliphatic heterocycles. The fraction of sp³-hybridized carbons (Fsp3) is 0.286. The number of benzene rings is 1. The number of nitrogens with two attached hydrogens (primary N) is 1. The molecule has 1 aromatic carbocycles. The summed E-state index contributed by atoms with van der Waals surface area (Å²) in [6.07, 6.45) is 2.76. The lowest BCUT2D eigenvalue weighted by Gasteiger charge is -2.12. The molecule has 0 aliphatic carbocycles. The van der Waals surface area contributed by atoms with Crippen LogP contribution in [0.4, 0.5) is 5.69 Å². The van der Waals surface area contributed by atoms with Gasteiger partial charge in [0.1, 0.15) is 10.7 Å². The molecule has 0 radical (unpaired) electrons. The van der Waals surface area contributed by atoms with Gasteiger partial charge in [0.15, 0.2) is 0 Å². The average Bonchev–Trinajstić information content (AvgIpc) is 2.84. The summed E-state index contributed by atoms with van der Waals surface area (Å²) in [5, 5.41) is 7.66. The molecule has 0 saturated carbocycles. The second-order valence-corrected chi connectivity index (χ2v) is 4.87. The summed E-state index contributed by atoms with van der Waals surface area (Å²) >= 11 is 5.06. The fourth-order valence-electron chi connectivity index (χ4n) is 1.93. The number of rotatable bonds is 6. The van der Waals surface area contributed by atoms with E-state index in [0.29, 0.717) is 4.99 Å². The van der Waals surface area contributed by atoms with E-state index in [1.165, 1.54) is 0 Å². The van der Waals surface area contributed by atoms with Gasteiger partial charge in [-0.15, -0.1) is 0 Å². The van der Waals surface area contributed by atoms with Crippen LogP contribution in [0.5, 0.6) is 5.75 Å². The lowest BCUT2D eigenvalue weighted by Crippen LogP contribution is -2.14. The Hall–Kier alpha value is -2.08. The maximum atomic E-state index is 5.73. The lowest BCUT2D eigenvalue weighted by molar-refractivity contribution is 0.415. The Kier molecular flexibility index (Phi) is 4.57. The van der Waals surface area contributed by atoms with Crippen molar-refractivity contribution in [2.45, 2.75) is 6.42 Å². The Labute approximate surface area is 123 Å². The van der Waals surface area contributed by atoms with Gasteiger partial charge >= 0.3 is 0 Å². The van der Waals surface area contributed by atoms with Crippen molar-refractivity contribution in [3.8, 4) is 5.75 Å². The molecule has 0 amide bonds. The molecule has 1 heterocycles. The molecule has 0 atom stereocenters. The maximum Gasteiger partial charge on any atom is 0.120 e. The zero-order valence-corrected chi connectivity index (χ0v) is 12.4. The van der Waals surface area contributed by atoms with E-state index in [4.69, 9.17) is 22.7 Å². The van der Waals surface area contributed by atoms with Gasteiger partial charge in [-0.3, -0.25) is 4.68 Å². The molecule has 6 heteroatoms. The van der Waals surface area contributed by atoms with E-state index in [1.807, 2.05) is 37.5 Å². The van der Waals surface area contributed by atoms with Gasteiger partial charge in [-0.25, -0.2) is 0 Å². The zero-order valence-electron chi connectivity index (χ0n) is 11.6. The summed E-state index contributed by atoms with van der Waals surface area (Å²) in [6, 6.07) is 7.61. The van der Waals surface area contributed by atoms with Gasteiger partial charge in [-0.2, -0.15) is 5.10 Å². The largest absolute Gasteiger partial charge is 0.497 e. The van der Waals surface area contributed by atoms with Crippen LogP contribution in [-0.4, -0.2) is 28.4 Å². The highest BCUT2D eigenvalue weighted by Gasteiger charge is 2.07. The normalized spacial score (nSPS) is 10.3. The summed E-state index contributed by atoms with van der Waals surface area (Å²) in [5.74, 6) is 0.769. The molecular weight excluding hydrogens is 272 g/mol. The van der Waals surface area contributed by atoms with Gasteiger partial charge in [0, 0.05) is 43.5 Å². The molecule has 0 fully saturated rings. The molecule has 2 rings (SSSR count). The molecule has 0 spiro atoms. The molecule has 5 nitrogen and oxygen atoms in total. The van der Waals surface area contributed by atoms with Crippen molar-refractivity contribution in [3.05, 3.63) is 41.7 Å². The summed E-state index contributed by atoms with van der Waals surface area (Å²) < 4.78 is 7.01. The van der Waals surface area contributed by atoms with Crippen LogP contribution in [-0.2, 0) is 13.5 Å². The van der Waals surface area contributed by atoms with Crippen LogP contribution in [0.2, 0.25) is 0 Å². The summed E-state index contributed by atoms with van der Waals surface area (Å²) in [6.45, 7) is 0.750. The van der Waals surface area contributed by atoms with Crippen molar-refractivity contribution < 1.29 is 4.74 Å². The van der Waals surface area contributed by atoms with E-state index in [2.05, 4.69) is 10.4 Å². The van der Waals surface area contributed by atoms with E-state index in [-0.39, 0.29) is 0 Å². The predicted molar refractivity (Wildman–Crippen MR) is 84.3 cm³/mol. The first-order valence-electron chi connectivity index (χ1n) is 6.30. The molecule has 106 valence electrons. The van der Waals surface area contributed by atoms with Crippen LogP contribution in [0.15, 0.2) is 30.5 Å². The van der Waals surface area contributed by atoms with Crippen molar-refractivity contribution in [1.82, 2.24) is 9.78 Å². The first kappa shape index (κ1) is 14.3. The van der Waals surface area contributed by atoms with Crippen LogP contribution in [0.3, 0.4) is 0 Å². The molecule has 20 heavy (non-hydrogen) atoms. The predicted octanol–water partition coefficient (Wildman–Crippen LogP) is 1.72. The monoisotopic (exact) mass is 290 g/mol. The minimum absolute atomic E-state index is 0.369. The average molecular weight is 290 g/mol. The number of aryl methyl sites for hydroxylation is 1. The number of hydrogen-bond donors (Lipinski definition) is 2. The lowest BCUT2D eigenvalue weighted by atomic mass is 10.1. The van der Waals surface area contributed by atoms with Gasteiger partial charge in [-0.05, 0) is 18.2 Å². The van der Waals surface area contributed by atoms with E-state index in [0.717, 1.165) is 35.7 Å². The van der Waals surface area contributed by atoms with Gasteiger partial charge in [0.2, 0.25) is 0 Å². The van der Waals surface area contributed by atoms with Gasteiger partial charge < -0.3 is 15.8 Å². The third-order valence-corrected chi connectivity index (χ3v) is 3.18. The molecule has 2 aromatic rings. The van der Waals surface area contributed by atoms with E-state index in [1.54, 1.807) is 11.8 Å². The SMILES string of the molecule is COc1ccc(C(N)=S)c(NCCc2ccn(C)n2)c1. The highest BCUT2D eigenvalue weighted by molar-refractivity contribution is 7.80. The third-order valence-electron chi connectivity index (χ3n) is 2.96. The summed E-state index contributed by atoms with van der Waals surface area (Å²) in [5.41, 5.74) is 8.47. The molecule has 0 aliphatic rings. The Bertz CT molecular complexity index is 609. The van der Waals surface area contributed by atoms with Crippen molar-refractivity contribution in [2.75, 3.05) is 19.0 Å². The van der Waals surface area contributed by atoms with E-state index in [9.17, 15) is 0 Å². The third kappa shape index (κ3) is 3.48. The van der Waals surface area contributed by atoms with E-state index >= 15 is 0 Å². The fourth-order valence-corrected chi connectivity index (χ4v) is 2.11. The number of hydrogen-bond acceptors (Lipinski definition) is 4. The summed E-state index contributed by atoms with van der Waals surface area (Å²) in [7, 11) is 3.54. The number of methoxy groups -OCH3 is 1. The second-order valence-electron chi connectivity index (χ2n) is 4.43. The number of thiocarbonyl (C=S) groups is 1. The minimum atomic E-state index is 0.369. The van der Waals surface area contributed by atoms with E-state index < -0.39 is 0 Å². The Balaban J connectivity index is 2.05. The minimum Gasteiger partial charge on any atom is -0.497 e. The number of nitrogens with one attached hydrogen (secondary N) is 1. The molecule has 3 N–H and O–H groups in total.